The number of hydrogen-bond donors (Lipinski definition) is 1. The summed E-state index contributed by atoms with van der Waals surface area (Å²) in [6.45, 7) is 8.77. The second kappa shape index (κ2) is 8.30. The van der Waals surface area contributed by atoms with Gasteiger partial charge in [0.05, 0.1) is 11.4 Å². The minimum absolute atomic E-state index is 0.823. The van der Waals surface area contributed by atoms with Crippen molar-refractivity contribution in [2.45, 2.75) is 59.4 Å². The van der Waals surface area contributed by atoms with Crippen LogP contribution in [0.15, 0.2) is 6.07 Å². The maximum absolute atomic E-state index is 4.47. The zero-order valence-electron chi connectivity index (χ0n) is 12.5. The first-order chi connectivity index (χ1) is 8.71. The van der Waals surface area contributed by atoms with Crippen LogP contribution < -0.4 is 5.32 Å². The average Bonchev–Trinajstić information content (AvgIpc) is 2.74. The second-order valence-corrected chi connectivity index (χ2v) is 5.15. The van der Waals surface area contributed by atoms with Crippen LogP contribution in [0.1, 0.15) is 57.8 Å². The third-order valence-corrected chi connectivity index (χ3v) is 3.67. The molecule has 104 valence electrons. The van der Waals surface area contributed by atoms with E-state index >= 15 is 0 Å². The Morgan fingerprint density at radius 1 is 1.33 bits per heavy atom. The third-order valence-electron chi connectivity index (χ3n) is 3.67. The van der Waals surface area contributed by atoms with Crippen LogP contribution in [0.2, 0.25) is 0 Å². The van der Waals surface area contributed by atoms with Gasteiger partial charge in [-0.1, -0.05) is 40.0 Å². The van der Waals surface area contributed by atoms with Crippen LogP contribution in [0, 0.1) is 5.92 Å². The predicted molar refractivity (Wildman–Crippen MR) is 77.6 cm³/mol. The summed E-state index contributed by atoms with van der Waals surface area (Å²) in [5.74, 6) is 0.823. The van der Waals surface area contributed by atoms with Crippen molar-refractivity contribution in [1.82, 2.24) is 15.1 Å². The summed E-state index contributed by atoms with van der Waals surface area (Å²) >= 11 is 0. The van der Waals surface area contributed by atoms with E-state index < -0.39 is 0 Å². The molecule has 1 aromatic heterocycles. The van der Waals surface area contributed by atoms with E-state index in [0.29, 0.717) is 0 Å². The Bertz CT molecular complexity index is 330. The topological polar surface area (TPSA) is 29.9 Å². The van der Waals surface area contributed by atoms with Crippen molar-refractivity contribution in [3.63, 3.8) is 0 Å². The van der Waals surface area contributed by atoms with Crippen molar-refractivity contribution >= 4 is 0 Å². The highest BCUT2D eigenvalue weighted by molar-refractivity contribution is 5.09. The Morgan fingerprint density at radius 2 is 2.11 bits per heavy atom. The van der Waals surface area contributed by atoms with E-state index in [1.54, 1.807) is 0 Å². The van der Waals surface area contributed by atoms with Gasteiger partial charge < -0.3 is 5.32 Å². The molecule has 0 amide bonds. The fraction of sp³-hybridized carbons (Fsp3) is 0.800. The summed E-state index contributed by atoms with van der Waals surface area (Å²) in [5.41, 5.74) is 2.48. The first-order valence-corrected chi connectivity index (χ1v) is 7.43. The zero-order chi connectivity index (χ0) is 13.4. The Labute approximate surface area is 112 Å². The SMILES string of the molecule is CCCCC(CC)CNCc1cc(CC)nn1C. The largest absolute Gasteiger partial charge is 0.311 e. The van der Waals surface area contributed by atoms with E-state index in [2.05, 4.69) is 37.3 Å². The Balaban J connectivity index is 2.33. The van der Waals surface area contributed by atoms with Gasteiger partial charge in [0.25, 0.3) is 0 Å². The van der Waals surface area contributed by atoms with Gasteiger partial charge >= 0.3 is 0 Å². The minimum Gasteiger partial charge on any atom is -0.311 e. The van der Waals surface area contributed by atoms with Gasteiger partial charge in [0, 0.05) is 13.6 Å². The fourth-order valence-electron chi connectivity index (χ4n) is 2.26. The molecule has 1 rings (SSSR count). The van der Waals surface area contributed by atoms with E-state index in [1.807, 2.05) is 11.7 Å². The molecule has 18 heavy (non-hydrogen) atoms. The van der Waals surface area contributed by atoms with Crippen LogP contribution in [0.3, 0.4) is 0 Å². The third kappa shape index (κ3) is 4.81. The van der Waals surface area contributed by atoms with Gasteiger partial charge in [-0.15, -0.1) is 0 Å². The number of aromatic nitrogens is 2. The molecule has 1 unspecified atom stereocenters. The molecule has 0 spiro atoms. The highest BCUT2D eigenvalue weighted by atomic mass is 15.3. The van der Waals surface area contributed by atoms with E-state index in [1.165, 1.54) is 37.1 Å². The van der Waals surface area contributed by atoms with Gasteiger partial charge in [0.1, 0.15) is 0 Å². The van der Waals surface area contributed by atoms with Crippen LogP contribution in [0.4, 0.5) is 0 Å². The molecule has 1 aromatic rings. The van der Waals surface area contributed by atoms with Gasteiger partial charge in [-0.25, -0.2) is 0 Å². The molecule has 0 aromatic carbocycles. The van der Waals surface area contributed by atoms with Crippen LogP contribution >= 0.6 is 0 Å². The molecule has 0 fully saturated rings. The number of nitrogens with zero attached hydrogens (tertiary/aromatic N) is 2. The lowest BCUT2D eigenvalue weighted by Gasteiger charge is -2.15. The molecule has 0 saturated heterocycles. The fourth-order valence-corrected chi connectivity index (χ4v) is 2.26. The summed E-state index contributed by atoms with van der Waals surface area (Å²) in [6.07, 6.45) is 6.30. The Kier molecular flexibility index (Phi) is 7.02. The highest BCUT2D eigenvalue weighted by Crippen LogP contribution is 2.11. The molecule has 1 heterocycles. The van der Waals surface area contributed by atoms with Crippen molar-refractivity contribution in [3.8, 4) is 0 Å². The lowest BCUT2D eigenvalue weighted by molar-refractivity contribution is 0.416. The van der Waals surface area contributed by atoms with Gasteiger partial charge in [-0.2, -0.15) is 5.10 Å². The molecule has 0 aliphatic rings. The lowest BCUT2D eigenvalue weighted by Crippen LogP contribution is -2.23. The van der Waals surface area contributed by atoms with Gasteiger partial charge in [-0.05, 0) is 31.4 Å². The van der Waals surface area contributed by atoms with Crippen LogP contribution in [0.25, 0.3) is 0 Å². The van der Waals surface area contributed by atoms with Gasteiger partial charge in [0.15, 0.2) is 0 Å². The summed E-state index contributed by atoms with van der Waals surface area (Å²) in [4.78, 5) is 0. The Morgan fingerprint density at radius 3 is 2.67 bits per heavy atom. The maximum Gasteiger partial charge on any atom is 0.0625 e. The first kappa shape index (κ1) is 15.2. The summed E-state index contributed by atoms with van der Waals surface area (Å²) in [5, 5.41) is 8.05. The van der Waals surface area contributed by atoms with Crippen LogP contribution in [-0.4, -0.2) is 16.3 Å². The molecule has 0 radical (unpaired) electrons. The molecule has 3 nitrogen and oxygen atoms in total. The Hall–Kier alpha value is -0.830. The molecule has 0 aliphatic heterocycles. The molecule has 1 atom stereocenters. The average molecular weight is 251 g/mol. The van der Waals surface area contributed by atoms with Crippen LogP contribution in [0.5, 0.6) is 0 Å². The van der Waals surface area contributed by atoms with Crippen LogP contribution in [-0.2, 0) is 20.0 Å². The minimum atomic E-state index is 0.823. The first-order valence-electron chi connectivity index (χ1n) is 7.43. The number of hydrogen-bond acceptors (Lipinski definition) is 2. The lowest BCUT2D eigenvalue weighted by atomic mass is 9.99. The second-order valence-electron chi connectivity index (χ2n) is 5.15. The predicted octanol–water partition coefficient (Wildman–Crippen LogP) is 3.29. The summed E-state index contributed by atoms with van der Waals surface area (Å²) < 4.78 is 2.00. The van der Waals surface area contributed by atoms with Gasteiger partial charge in [0.2, 0.25) is 0 Å². The molecule has 3 heteroatoms. The van der Waals surface area contributed by atoms with Crippen molar-refractivity contribution in [2.24, 2.45) is 13.0 Å². The summed E-state index contributed by atoms with van der Waals surface area (Å²) in [7, 11) is 2.03. The standard InChI is InChI=1S/C15H29N3/c1-5-8-9-13(6-2)11-16-12-15-10-14(7-3)17-18(15)4/h10,13,16H,5-9,11-12H2,1-4H3. The maximum atomic E-state index is 4.47. The highest BCUT2D eigenvalue weighted by Gasteiger charge is 2.07. The van der Waals surface area contributed by atoms with E-state index in [4.69, 9.17) is 0 Å². The molecule has 0 aliphatic carbocycles. The smallest absolute Gasteiger partial charge is 0.0625 e. The summed E-state index contributed by atoms with van der Waals surface area (Å²) in [6, 6.07) is 2.21. The number of nitrogens with one attached hydrogen (secondary N) is 1. The molecular weight excluding hydrogens is 222 g/mol. The molecule has 1 N–H and O–H groups in total. The molecule has 0 saturated carbocycles. The monoisotopic (exact) mass is 251 g/mol. The molecule has 0 bridgehead atoms. The van der Waals surface area contributed by atoms with E-state index in [-0.39, 0.29) is 0 Å². The van der Waals surface area contributed by atoms with Crippen molar-refractivity contribution in [1.29, 1.82) is 0 Å². The normalized spacial score (nSPS) is 12.9. The van der Waals surface area contributed by atoms with Gasteiger partial charge in [-0.3, -0.25) is 4.68 Å². The molecular formula is C15H29N3. The van der Waals surface area contributed by atoms with Crippen molar-refractivity contribution in [3.05, 3.63) is 17.5 Å². The van der Waals surface area contributed by atoms with Crippen molar-refractivity contribution < 1.29 is 0 Å². The van der Waals surface area contributed by atoms with E-state index in [0.717, 1.165) is 25.4 Å². The number of unbranched alkanes of at least 4 members (excludes halogenated alkanes) is 1. The van der Waals surface area contributed by atoms with Crippen molar-refractivity contribution in [2.75, 3.05) is 6.54 Å². The number of aryl methyl sites for hydroxylation is 2. The zero-order valence-corrected chi connectivity index (χ0v) is 12.5. The number of rotatable bonds is 9. The van der Waals surface area contributed by atoms with E-state index in [9.17, 15) is 0 Å². The quantitative estimate of drug-likeness (QED) is 0.730.